The smallest absolute Gasteiger partial charge is 0.253 e. The van der Waals surface area contributed by atoms with E-state index in [9.17, 15) is 9.18 Å². The van der Waals surface area contributed by atoms with Crippen molar-refractivity contribution in [1.29, 1.82) is 0 Å². The normalized spacial score (nSPS) is 10.3. The van der Waals surface area contributed by atoms with Crippen LogP contribution in [0.4, 0.5) is 10.1 Å². The minimum absolute atomic E-state index is 0.205. The number of nitrogen functional groups attached to an aromatic ring is 1. The molecule has 0 aliphatic rings. The van der Waals surface area contributed by atoms with Gasteiger partial charge in [-0.3, -0.25) is 4.79 Å². The quantitative estimate of drug-likeness (QED) is 0.882. The van der Waals surface area contributed by atoms with Crippen LogP contribution in [0.15, 0.2) is 42.5 Å². The fraction of sp³-hybridized carbons (Fsp3) is 0.133. The van der Waals surface area contributed by atoms with Gasteiger partial charge in [-0.25, -0.2) is 4.39 Å². The summed E-state index contributed by atoms with van der Waals surface area (Å²) in [5.74, 6) is -0.577. The lowest BCUT2D eigenvalue weighted by molar-refractivity contribution is 0.0785. The van der Waals surface area contributed by atoms with Crippen molar-refractivity contribution in [2.45, 2.75) is 6.54 Å². The Morgan fingerprint density at radius 2 is 1.90 bits per heavy atom. The van der Waals surface area contributed by atoms with Crippen molar-refractivity contribution in [1.82, 2.24) is 4.90 Å². The lowest BCUT2D eigenvalue weighted by atomic mass is 10.1. The second kappa shape index (κ2) is 5.92. The molecule has 5 heteroatoms. The number of carbonyl (C=O) groups is 1. The molecular formula is C15H14ClFN2O. The molecule has 0 aromatic heterocycles. The van der Waals surface area contributed by atoms with E-state index in [1.807, 2.05) is 0 Å². The number of halogens is 2. The van der Waals surface area contributed by atoms with Gasteiger partial charge >= 0.3 is 0 Å². The summed E-state index contributed by atoms with van der Waals surface area (Å²) < 4.78 is 12.8. The standard InChI is InChI=1S/C15H14ClFN2O/c1-19(9-11-8-13(18)6-7-14(11)16)15(20)10-2-4-12(17)5-3-10/h2-8H,9,18H2,1H3. The Bertz CT molecular complexity index is 628. The van der Waals surface area contributed by atoms with Gasteiger partial charge in [0, 0.05) is 29.9 Å². The Balaban J connectivity index is 2.15. The Morgan fingerprint density at radius 3 is 2.55 bits per heavy atom. The molecule has 0 spiro atoms. The third kappa shape index (κ3) is 3.27. The SMILES string of the molecule is CN(Cc1cc(N)ccc1Cl)C(=O)c1ccc(F)cc1. The number of nitrogens with two attached hydrogens (primary N) is 1. The molecule has 0 fully saturated rings. The van der Waals surface area contributed by atoms with Crippen LogP contribution in [0.5, 0.6) is 0 Å². The number of hydrogen-bond donors (Lipinski definition) is 1. The molecule has 104 valence electrons. The van der Waals surface area contributed by atoms with Crippen LogP contribution in [0, 0.1) is 5.82 Å². The maximum absolute atomic E-state index is 12.8. The van der Waals surface area contributed by atoms with Crippen LogP contribution >= 0.6 is 11.6 Å². The second-order valence-corrected chi connectivity index (χ2v) is 4.93. The first-order valence-electron chi connectivity index (χ1n) is 6.02. The lowest BCUT2D eigenvalue weighted by Gasteiger charge is -2.18. The molecular weight excluding hydrogens is 279 g/mol. The molecule has 2 rings (SSSR count). The molecule has 3 nitrogen and oxygen atoms in total. The van der Waals surface area contributed by atoms with Crippen molar-refractivity contribution in [3.05, 3.63) is 64.4 Å². The van der Waals surface area contributed by atoms with Crippen LogP contribution in [0.2, 0.25) is 5.02 Å². The van der Waals surface area contributed by atoms with Gasteiger partial charge in [-0.05, 0) is 48.0 Å². The van der Waals surface area contributed by atoms with Crippen molar-refractivity contribution in [2.24, 2.45) is 0 Å². The molecule has 20 heavy (non-hydrogen) atoms. The van der Waals surface area contributed by atoms with Crippen LogP contribution in [0.1, 0.15) is 15.9 Å². The topological polar surface area (TPSA) is 46.3 Å². The molecule has 0 aliphatic carbocycles. The maximum atomic E-state index is 12.8. The van der Waals surface area contributed by atoms with Crippen LogP contribution < -0.4 is 5.73 Å². The van der Waals surface area contributed by atoms with Gasteiger partial charge in [0.05, 0.1) is 0 Å². The molecule has 0 radical (unpaired) electrons. The maximum Gasteiger partial charge on any atom is 0.253 e. The van der Waals surface area contributed by atoms with Crippen molar-refractivity contribution >= 4 is 23.2 Å². The number of anilines is 1. The fourth-order valence-corrected chi connectivity index (χ4v) is 2.03. The zero-order valence-electron chi connectivity index (χ0n) is 10.9. The minimum atomic E-state index is -0.372. The Kier molecular flexibility index (Phi) is 4.25. The van der Waals surface area contributed by atoms with Gasteiger partial charge in [0.15, 0.2) is 0 Å². The monoisotopic (exact) mass is 292 g/mol. The summed E-state index contributed by atoms with van der Waals surface area (Å²) in [5, 5.41) is 0.554. The number of benzene rings is 2. The van der Waals surface area contributed by atoms with E-state index in [2.05, 4.69) is 0 Å². The summed E-state index contributed by atoms with van der Waals surface area (Å²) in [7, 11) is 1.66. The second-order valence-electron chi connectivity index (χ2n) is 4.52. The fourth-order valence-electron chi connectivity index (χ4n) is 1.86. The predicted octanol–water partition coefficient (Wildman–Crippen LogP) is 3.33. The molecule has 1 amide bonds. The molecule has 0 aliphatic heterocycles. The summed E-state index contributed by atoms with van der Waals surface area (Å²) in [6.45, 7) is 0.333. The van der Waals surface area contributed by atoms with Gasteiger partial charge < -0.3 is 10.6 Å². The molecule has 0 bridgehead atoms. The van der Waals surface area contributed by atoms with E-state index in [0.29, 0.717) is 22.8 Å². The van der Waals surface area contributed by atoms with Crippen molar-refractivity contribution in [3.63, 3.8) is 0 Å². The molecule has 0 atom stereocenters. The number of hydrogen-bond acceptors (Lipinski definition) is 2. The Hall–Kier alpha value is -2.07. The van der Waals surface area contributed by atoms with E-state index < -0.39 is 0 Å². The van der Waals surface area contributed by atoms with E-state index in [1.165, 1.54) is 29.2 Å². The molecule has 2 N–H and O–H groups in total. The Labute approximate surface area is 121 Å². The number of rotatable bonds is 3. The highest BCUT2D eigenvalue weighted by Gasteiger charge is 2.13. The van der Waals surface area contributed by atoms with Gasteiger partial charge in [-0.15, -0.1) is 0 Å². The molecule has 0 saturated heterocycles. The van der Waals surface area contributed by atoms with Gasteiger partial charge in [0.1, 0.15) is 5.82 Å². The van der Waals surface area contributed by atoms with E-state index in [-0.39, 0.29) is 11.7 Å². The molecule has 2 aromatic carbocycles. The van der Waals surface area contributed by atoms with E-state index in [1.54, 1.807) is 25.2 Å². The predicted molar refractivity (Wildman–Crippen MR) is 78.1 cm³/mol. The van der Waals surface area contributed by atoms with E-state index in [0.717, 1.165) is 5.56 Å². The third-order valence-electron chi connectivity index (χ3n) is 2.92. The van der Waals surface area contributed by atoms with Crippen LogP contribution in [-0.2, 0) is 6.54 Å². The highest BCUT2D eigenvalue weighted by molar-refractivity contribution is 6.31. The summed E-state index contributed by atoms with van der Waals surface area (Å²) in [4.78, 5) is 13.7. The van der Waals surface area contributed by atoms with Gasteiger partial charge in [-0.1, -0.05) is 11.6 Å². The lowest BCUT2D eigenvalue weighted by Crippen LogP contribution is -2.26. The highest BCUT2D eigenvalue weighted by Crippen LogP contribution is 2.20. The van der Waals surface area contributed by atoms with Crippen molar-refractivity contribution in [3.8, 4) is 0 Å². The zero-order valence-corrected chi connectivity index (χ0v) is 11.7. The minimum Gasteiger partial charge on any atom is -0.399 e. The van der Waals surface area contributed by atoms with Gasteiger partial charge in [0.25, 0.3) is 5.91 Å². The highest BCUT2D eigenvalue weighted by atomic mass is 35.5. The van der Waals surface area contributed by atoms with Gasteiger partial charge in [0.2, 0.25) is 0 Å². The van der Waals surface area contributed by atoms with Gasteiger partial charge in [-0.2, -0.15) is 0 Å². The first-order valence-corrected chi connectivity index (χ1v) is 6.40. The first-order chi connectivity index (χ1) is 9.47. The van der Waals surface area contributed by atoms with E-state index in [4.69, 9.17) is 17.3 Å². The van der Waals surface area contributed by atoms with Crippen molar-refractivity contribution in [2.75, 3.05) is 12.8 Å². The third-order valence-corrected chi connectivity index (χ3v) is 3.28. The van der Waals surface area contributed by atoms with Crippen LogP contribution in [-0.4, -0.2) is 17.9 Å². The zero-order chi connectivity index (χ0) is 14.7. The molecule has 0 heterocycles. The molecule has 0 unspecified atom stereocenters. The van der Waals surface area contributed by atoms with Crippen molar-refractivity contribution < 1.29 is 9.18 Å². The largest absolute Gasteiger partial charge is 0.399 e. The number of carbonyl (C=O) groups excluding carboxylic acids is 1. The average molecular weight is 293 g/mol. The summed E-state index contributed by atoms with van der Waals surface area (Å²) in [6, 6.07) is 10.6. The molecule has 2 aromatic rings. The average Bonchev–Trinajstić information content (AvgIpc) is 2.43. The summed E-state index contributed by atoms with van der Waals surface area (Å²) in [5.41, 5.74) is 7.49. The van der Waals surface area contributed by atoms with Crippen LogP contribution in [0.25, 0.3) is 0 Å². The summed E-state index contributed by atoms with van der Waals surface area (Å²) >= 11 is 6.07. The molecule has 0 saturated carbocycles. The number of nitrogens with zero attached hydrogens (tertiary/aromatic N) is 1. The first kappa shape index (κ1) is 14.3. The van der Waals surface area contributed by atoms with Crippen LogP contribution in [0.3, 0.4) is 0 Å². The number of amides is 1. The Morgan fingerprint density at radius 1 is 1.25 bits per heavy atom. The van der Waals surface area contributed by atoms with E-state index >= 15 is 0 Å². The summed E-state index contributed by atoms with van der Waals surface area (Å²) in [6.07, 6.45) is 0.